The van der Waals surface area contributed by atoms with Crippen LogP contribution in [0.3, 0.4) is 0 Å². The van der Waals surface area contributed by atoms with Crippen LogP contribution in [0.4, 0.5) is 5.69 Å². The van der Waals surface area contributed by atoms with E-state index in [1.807, 2.05) is 36.4 Å². The number of amides is 1. The van der Waals surface area contributed by atoms with Crippen molar-refractivity contribution >= 4 is 33.1 Å². The summed E-state index contributed by atoms with van der Waals surface area (Å²) in [6.07, 6.45) is 0. The molecule has 0 saturated heterocycles. The molecule has 0 aliphatic rings. The van der Waals surface area contributed by atoms with E-state index < -0.39 is 17.0 Å². The van der Waals surface area contributed by atoms with Crippen molar-refractivity contribution in [3.63, 3.8) is 0 Å². The maximum Gasteiger partial charge on any atom is 0.273 e. The van der Waals surface area contributed by atoms with E-state index in [9.17, 15) is 14.4 Å². The van der Waals surface area contributed by atoms with Crippen LogP contribution in [0.15, 0.2) is 76.3 Å². The molecule has 2 N–H and O–H groups in total. The Balaban J connectivity index is 1.61. The number of carbonyl (C=O) groups is 1. The molecule has 1 heterocycles. The van der Waals surface area contributed by atoms with Gasteiger partial charge in [-0.15, -0.1) is 0 Å². The van der Waals surface area contributed by atoms with E-state index in [-0.39, 0.29) is 11.9 Å². The molecule has 0 fully saturated rings. The molecule has 26 heavy (non-hydrogen) atoms. The molecule has 0 aliphatic heterocycles. The van der Waals surface area contributed by atoms with Gasteiger partial charge in [-0.1, -0.05) is 42.5 Å². The maximum atomic E-state index is 12.5. The molecular weight excluding hydrogens is 330 g/mol. The number of rotatable bonds is 3. The van der Waals surface area contributed by atoms with Gasteiger partial charge in [0, 0.05) is 5.69 Å². The molecule has 6 heteroatoms. The minimum Gasteiger partial charge on any atom is -0.324 e. The highest BCUT2D eigenvalue weighted by Crippen LogP contribution is 2.18. The highest BCUT2D eigenvalue weighted by Gasteiger charge is 2.10. The minimum atomic E-state index is -0.408. The lowest BCUT2D eigenvalue weighted by Gasteiger charge is -2.09. The summed E-state index contributed by atoms with van der Waals surface area (Å²) < 4.78 is 1.03. The van der Waals surface area contributed by atoms with Gasteiger partial charge in [-0.2, -0.15) is 0 Å². The number of aromatic nitrogens is 2. The van der Waals surface area contributed by atoms with Gasteiger partial charge >= 0.3 is 0 Å². The Hall–Kier alpha value is -3.67. The number of carbonyl (C=O) groups excluding carboxylic acids is 1. The fourth-order valence-corrected chi connectivity index (χ4v) is 2.97. The molecule has 0 radical (unpaired) electrons. The number of nitrogens with zero attached hydrogens (tertiary/aromatic N) is 1. The van der Waals surface area contributed by atoms with Crippen LogP contribution in [0.2, 0.25) is 0 Å². The molecule has 0 atom stereocenters. The van der Waals surface area contributed by atoms with Crippen molar-refractivity contribution in [2.75, 3.05) is 5.32 Å². The van der Waals surface area contributed by atoms with Crippen LogP contribution < -0.4 is 16.4 Å². The molecule has 0 aliphatic carbocycles. The number of fused-ring (bicyclic) bond motifs is 2. The van der Waals surface area contributed by atoms with Crippen molar-refractivity contribution in [2.24, 2.45) is 0 Å². The standard InChI is InChI=1S/C20H15N3O3/c24-18(21-15-10-9-13-5-1-2-6-14(13)11-15)12-23-20(26)17-8-4-3-7-16(17)19(25)22-23/h1-11H,12H2,(H,21,24)(H,22,25). The third-order valence-corrected chi connectivity index (χ3v) is 4.22. The average molecular weight is 345 g/mol. The van der Waals surface area contributed by atoms with Gasteiger partial charge in [-0.05, 0) is 35.0 Å². The first kappa shape index (κ1) is 15.8. The lowest BCUT2D eigenvalue weighted by Crippen LogP contribution is -2.34. The first-order chi connectivity index (χ1) is 12.6. The van der Waals surface area contributed by atoms with Gasteiger partial charge in [0.2, 0.25) is 5.91 Å². The number of hydrogen-bond donors (Lipinski definition) is 2. The number of H-pyrrole nitrogens is 1. The second-order valence-corrected chi connectivity index (χ2v) is 5.99. The summed E-state index contributed by atoms with van der Waals surface area (Å²) in [5.41, 5.74) is -0.183. The SMILES string of the molecule is O=C(Cn1[nH]c(=O)c2ccccc2c1=O)Nc1ccc2ccccc2c1. The summed E-state index contributed by atoms with van der Waals surface area (Å²) in [7, 11) is 0. The summed E-state index contributed by atoms with van der Waals surface area (Å²) >= 11 is 0. The average Bonchev–Trinajstić information content (AvgIpc) is 2.66. The van der Waals surface area contributed by atoms with E-state index in [1.165, 1.54) is 0 Å². The van der Waals surface area contributed by atoms with Gasteiger partial charge in [0.15, 0.2) is 0 Å². The molecule has 4 rings (SSSR count). The number of anilines is 1. The van der Waals surface area contributed by atoms with Crippen LogP contribution in [0, 0.1) is 0 Å². The van der Waals surface area contributed by atoms with Gasteiger partial charge in [-0.3, -0.25) is 19.5 Å². The van der Waals surface area contributed by atoms with E-state index in [0.29, 0.717) is 11.1 Å². The van der Waals surface area contributed by atoms with Crippen molar-refractivity contribution in [3.05, 3.63) is 87.4 Å². The number of nitrogens with one attached hydrogen (secondary N) is 2. The topological polar surface area (TPSA) is 84.0 Å². The van der Waals surface area contributed by atoms with E-state index >= 15 is 0 Å². The molecule has 128 valence electrons. The maximum absolute atomic E-state index is 12.5. The lowest BCUT2D eigenvalue weighted by atomic mass is 10.1. The summed E-state index contributed by atoms with van der Waals surface area (Å²) in [6.45, 7) is -0.272. The van der Waals surface area contributed by atoms with Crippen LogP contribution in [0.1, 0.15) is 0 Å². The zero-order valence-electron chi connectivity index (χ0n) is 13.7. The highest BCUT2D eigenvalue weighted by atomic mass is 16.2. The van der Waals surface area contributed by atoms with E-state index in [0.717, 1.165) is 15.5 Å². The quantitative estimate of drug-likeness (QED) is 0.598. The summed E-state index contributed by atoms with van der Waals surface area (Å²) in [6, 6.07) is 19.9. The van der Waals surface area contributed by atoms with Crippen LogP contribution >= 0.6 is 0 Å². The third kappa shape index (κ3) is 2.88. The zero-order chi connectivity index (χ0) is 18.1. The molecule has 3 aromatic carbocycles. The summed E-state index contributed by atoms with van der Waals surface area (Å²) in [4.78, 5) is 36.9. The Labute approximate surface area is 147 Å². The molecule has 0 spiro atoms. The van der Waals surface area contributed by atoms with Crippen LogP contribution in [0.5, 0.6) is 0 Å². The first-order valence-electron chi connectivity index (χ1n) is 8.12. The fourth-order valence-electron chi connectivity index (χ4n) is 2.97. The van der Waals surface area contributed by atoms with Crippen molar-refractivity contribution in [1.29, 1.82) is 0 Å². The fraction of sp³-hybridized carbons (Fsp3) is 0.0500. The highest BCUT2D eigenvalue weighted by molar-refractivity contribution is 5.94. The van der Waals surface area contributed by atoms with E-state index in [1.54, 1.807) is 30.3 Å². The smallest absolute Gasteiger partial charge is 0.273 e. The number of aromatic amines is 1. The van der Waals surface area contributed by atoms with E-state index in [4.69, 9.17) is 0 Å². The Bertz CT molecular complexity index is 1250. The molecule has 1 aromatic heterocycles. The predicted octanol–water partition coefficient (Wildman–Crippen LogP) is 2.48. The van der Waals surface area contributed by atoms with Gasteiger partial charge < -0.3 is 5.32 Å². The molecule has 0 bridgehead atoms. The minimum absolute atomic E-state index is 0.272. The van der Waals surface area contributed by atoms with Crippen LogP contribution in [-0.2, 0) is 11.3 Å². The Morgan fingerprint density at radius 3 is 2.38 bits per heavy atom. The third-order valence-electron chi connectivity index (χ3n) is 4.22. The Morgan fingerprint density at radius 2 is 1.58 bits per heavy atom. The number of hydrogen-bond acceptors (Lipinski definition) is 3. The Kier molecular flexibility index (Phi) is 3.85. The summed E-state index contributed by atoms with van der Waals surface area (Å²) in [5, 5.41) is 7.88. The predicted molar refractivity (Wildman–Crippen MR) is 101 cm³/mol. The monoisotopic (exact) mass is 345 g/mol. The second-order valence-electron chi connectivity index (χ2n) is 5.99. The van der Waals surface area contributed by atoms with Gasteiger partial charge in [0.05, 0.1) is 10.8 Å². The summed E-state index contributed by atoms with van der Waals surface area (Å²) in [5.74, 6) is -0.395. The lowest BCUT2D eigenvalue weighted by molar-refractivity contribution is -0.117. The number of benzene rings is 3. The van der Waals surface area contributed by atoms with Crippen LogP contribution in [0.25, 0.3) is 21.5 Å². The van der Waals surface area contributed by atoms with Crippen LogP contribution in [-0.4, -0.2) is 15.7 Å². The molecular formula is C20H15N3O3. The zero-order valence-corrected chi connectivity index (χ0v) is 13.7. The molecule has 0 saturated carbocycles. The van der Waals surface area contributed by atoms with Gasteiger partial charge in [-0.25, -0.2) is 4.68 Å². The van der Waals surface area contributed by atoms with Gasteiger partial charge in [0.25, 0.3) is 11.1 Å². The van der Waals surface area contributed by atoms with Crippen molar-refractivity contribution in [2.45, 2.75) is 6.54 Å². The normalized spacial score (nSPS) is 10.9. The molecule has 1 amide bonds. The first-order valence-corrected chi connectivity index (χ1v) is 8.12. The van der Waals surface area contributed by atoms with Gasteiger partial charge in [0.1, 0.15) is 6.54 Å². The Morgan fingerprint density at radius 1 is 0.885 bits per heavy atom. The molecule has 0 unspecified atom stereocenters. The van der Waals surface area contributed by atoms with E-state index in [2.05, 4.69) is 10.4 Å². The molecule has 6 nitrogen and oxygen atoms in total. The largest absolute Gasteiger partial charge is 0.324 e. The molecule has 4 aromatic rings. The second kappa shape index (κ2) is 6.33. The van der Waals surface area contributed by atoms with Crippen molar-refractivity contribution in [1.82, 2.24) is 9.78 Å². The van der Waals surface area contributed by atoms with Crippen molar-refractivity contribution < 1.29 is 4.79 Å². The van der Waals surface area contributed by atoms with Crippen molar-refractivity contribution in [3.8, 4) is 0 Å².